The molecule has 0 spiro atoms. The van der Waals surface area contributed by atoms with E-state index in [0.29, 0.717) is 24.7 Å². The molecule has 2 unspecified atom stereocenters. The van der Waals surface area contributed by atoms with Crippen LogP contribution in [-0.2, 0) is 48.7 Å². The van der Waals surface area contributed by atoms with Gasteiger partial charge < -0.3 is 61.9 Å². The van der Waals surface area contributed by atoms with Gasteiger partial charge in [0.05, 0.1) is 72.7 Å². The number of aryl methyl sites for hydroxylation is 1. The predicted octanol–water partition coefficient (Wildman–Crippen LogP) is 5.96. The first-order valence-corrected chi connectivity index (χ1v) is 21.4. The number of unbranched alkanes of at least 4 members (excludes halogenated alkanes) is 7. The molecule has 0 radical (unpaired) electrons. The SMILES string of the molecule is CCCCCCCCCCc1ccc(OC2COCCOCCOCCOc3cccc(c3OCC(=O)O)OCCOCCOCCO2)c(P(=O)(O)OCC)c1. The molecule has 0 saturated carbocycles. The van der Waals surface area contributed by atoms with Crippen LogP contribution in [0.4, 0.5) is 0 Å². The Balaban J connectivity index is 1.58. The van der Waals surface area contributed by atoms with Crippen LogP contribution in [0.1, 0.15) is 70.8 Å². The molecule has 3 rings (SSSR count). The van der Waals surface area contributed by atoms with E-state index in [4.69, 9.17) is 57.0 Å². The largest absolute Gasteiger partial charge is 0.487 e. The van der Waals surface area contributed by atoms with Crippen LogP contribution in [0, 0.1) is 0 Å². The number of carbonyl (C=O) groups is 1. The van der Waals surface area contributed by atoms with Gasteiger partial charge in [0.1, 0.15) is 30.9 Å². The Morgan fingerprint density at radius 3 is 1.88 bits per heavy atom. The normalized spacial score (nSPS) is 18.6. The van der Waals surface area contributed by atoms with Crippen molar-refractivity contribution >= 4 is 18.9 Å². The molecule has 2 aromatic carbocycles. The van der Waals surface area contributed by atoms with Crippen LogP contribution in [0.3, 0.4) is 0 Å². The van der Waals surface area contributed by atoms with Gasteiger partial charge in [-0.1, -0.05) is 64.0 Å². The molecule has 1 aliphatic heterocycles. The zero-order valence-corrected chi connectivity index (χ0v) is 34.1. The van der Waals surface area contributed by atoms with Crippen molar-refractivity contribution in [2.75, 3.05) is 99.1 Å². The van der Waals surface area contributed by atoms with Gasteiger partial charge in [0.25, 0.3) is 0 Å². The lowest BCUT2D eigenvalue weighted by Crippen LogP contribution is -2.31. The first-order chi connectivity index (χ1) is 27.3. The van der Waals surface area contributed by atoms with E-state index in [2.05, 4.69) is 6.92 Å². The van der Waals surface area contributed by atoms with Crippen molar-refractivity contribution in [1.82, 2.24) is 0 Å². The molecule has 2 N–H and O–H groups in total. The third kappa shape index (κ3) is 19.9. The molecule has 2 aromatic rings. The zero-order chi connectivity index (χ0) is 40.1. The molecule has 0 aliphatic carbocycles. The van der Waals surface area contributed by atoms with Crippen LogP contribution >= 0.6 is 7.60 Å². The van der Waals surface area contributed by atoms with Crippen molar-refractivity contribution in [3.05, 3.63) is 42.0 Å². The van der Waals surface area contributed by atoms with E-state index in [1.165, 1.54) is 38.5 Å². The summed E-state index contributed by atoms with van der Waals surface area (Å²) in [4.78, 5) is 22.1. The number of para-hydroxylation sites is 1. The summed E-state index contributed by atoms with van der Waals surface area (Å²) >= 11 is 0. The monoisotopic (exact) mass is 814 g/mol. The predicted molar refractivity (Wildman–Crippen MR) is 209 cm³/mol. The van der Waals surface area contributed by atoms with E-state index in [0.717, 1.165) is 24.8 Å². The summed E-state index contributed by atoms with van der Waals surface area (Å²) in [5.41, 5.74) is 0.938. The van der Waals surface area contributed by atoms with Crippen LogP contribution in [-0.4, -0.2) is 121 Å². The van der Waals surface area contributed by atoms with Gasteiger partial charge in [0.15, 0.2) is 18.1 Å². The van der Waals surface area contributed by atoms with Crippen molar-refractivity contribution in [2.45, 2.75) is 77.9 Å². The summed E-state index contributed by atoms with van der Waals surface area (Å²) in [5.74, 6) is -0.127. The second-order valence-corrected chi connectivity index (χ2v) is 14.7. The lowest BCUT2D eigenvalue weighted by molar-refractivity contribution is -0.139. The van der Waals surface area contributed by atoms with Gasteiger partial charge in [-0.15, -0.1) is 0 Å². The molecule has 2 bridgehead atoms. The van der Waals surface area contributed by atoms with E-state index in [9.17, 15) is 14.3 Å². The lowest BCUT2D eigenvalue weighted by Gasteiger charge is -2.23. The minimum absolute atomic E-state index is 0.0169. The lowest BCUT2D eigenvalue weighted by atomic mass is 10.0. The highest BCUT2D eigenvalue weighted by Crippen LogP contribution is 2.44. The summed E-state index contributed by atoms with van der Waals surface area (Å²) < 4.78 is 76.3. The Kier molecular flexibility index (Phi) is 24.8. The van der Waals surface area contributed by atoms with Gasteiger partial charge in [-0.3, -0.25) is 4.57 Å². The van der Waals surface area contributed by atoms with Gasteiger partial charge in [-0.25, -0.2) is 4.79 Å². The van der Waals surface area contributed by atoms with Crippen molar-refractivity contribution in [3.8, 4) is 23.0 Å². The number of ether oxygens (including phenoxy) is 10. The summed E-state index contributed by atoms with van der Waals surface area (Å²) in [6, 6.07) is 10.3. The van der Waals surface area contributed by atoms with E-state index in [1.807, 2.05) is 6.07 Å². The summed E-state index contributed by atoms with van der Waals surface area (Å²) in [5, 5.41) is 9.22. The van der Waals surface area contributed by atoms with Crippen LogP contribution in [0.15, 0.2) is 36.4 Å². The molecule has 1 aliphatic rings. The van der Waals surface area contributed by atoms with Gasteiger partial charge in [-0.05, 0) is 49.6 Å². The summed E-state index contributed by atoms with van der Waals surface area (Å²) in [6.45, 7) is 6.32. The number of hydrogen-bond acceptors (Lipinski definition) is 13. The molecule has 0 saturated heterocycles. The summed E-state index contributed by atoms with van der Waals surface area (Å²) in [7, 11) is -4.19. The fourth-order valence-corrected chi connectivity index (χ4v) is 6.83. The second kappa shape index (κ2) is 29.3. The Morgan fingerprint density at radius 1 is 0.732 bits per heavy atom. The summed E-state index contributed by atoms with van der Waals surface area (Å²) in [6.07, 6.45) is 9.43. The zero-order valence-electron chi connectivity index (χ0n) is 33.2. The Bertz CT molecular complexity index is 1390. The topological polar surface area (TPSA) is 176 Å². The van der Waals surface area contributed by atoms with Gasteiger partial charge in [0, 0.05) is 0 Å². The van der Waals surface area contributed by atoms with Crippen LogP contribution in [0.25, 0.3) is 0 Å². The molecular weight excluding hydrogens is 751 g/mol. The number of carboxylic acid groups (broad SMARTS) is 1. The first kappa shape index (κ1) is 47.4. The Morgan fingerprint density at radius 2 is 1.29 bits per heavy atom. The number of rotatable bonds is 17. The van der Waals surface area contributed by atoms with Crippen LogP contribution in [0.2, 0.25) is 0 Å². The number of aliphatic carboxylic acids is 1. The number of fused-ring (bicyclic) bond motifs is 2. The van der Waals surface area contributed by atoms with Crippen molar-refractivity contribution in [3.63, 3.8) is 0 Å². The van der Waals surface area contributed by atoms with Crippen LogP contribution in [0.5, 0.6) is 23.0 Å². The molecule has 0 aromatic heterocycles. The molecule has 318 valence electrons. The Labute approximate surface area is 331 Å². The number of hydrogen-bond donors (Lipinski definition) is 2. The maximum Gasteiger partial charge on any atom is 0.362 e. The Hall–Kier alpha value is -2.98. The minimum Gasteiger partial charge on any atom is -0.487 e. The average Bonchev–Trinajstić information content (AvgIpc) is 3.18. The molecule has 2 atom stereocenters. The molecule has 15 nitrogen and oxygen atoms in total. The van der Waals surface area contributed by atoms with E-state index in [1.54, 1.807) is 37.3 Å². The standard InChI is InChI=1S/C40H63O15P/c1-3-5-6-7-8-9-10-11-13-33-16-17-34(37(30-33)56(43,44)54-4-2)55-39-32-49-23-22-45-18-19-46-24-27-50-35-14-12-15-36(40(35)53-31-38(41)42)51-28-25-47-20-21-48-26-29-52-39/h12,14-17,30,39H,3-11,13,18-29,31-32H2,1-2H3,(H,41,42)(H,43,44). The van der Waals surface area contributed by atoms with Gasteiger partial charge >= 0.3 is 13.6 Å². The highest BCUT2D eigenvalue weighted by atomic mass is 31.2. The molecule has 0 fully saturated rings. The third-order valence-corrected chi connectivity index (χ3v) is 9.93. The highest BCUT2D eigenvalue weighted by molar-refractivity contribution is 7.61. The number of carboxylic acids is 1. The van der Waals surface area contributed by atoms with Crippen molar-refractivity contribution < 1.29 is 71.3 Å². The van der Waals surface area contributed by atoms with Crippen molar-refractivity contribution in [2.24, 2.45) is 0 Å². The quantitative estimate of drug-likeness (QED) is 0.141. The minimum atomic E-state index is -4.19. The van der Waals surface area contributed by atoms with Gasteiger partial charge in [-0.2, -0.15) is 0 Å². The molecule has 1 heterocycles. The maximum atomic E-state index is 13.3. The van der Waals surface area contributed by atoms with Gasteiger partial charge in [0.2, 0.25) is 12.0 Å². The van der Waals surface area contributed by atoms with E-state index in [-0.39, 0.29) is 96.1 Å². The molecule has 56 heavy (non-hydrogen) atoms. The van der Waals surface area contributed by atoms with Crippen molar-refractivity contribution in [1.29, 1.82) is 0 Å². The fourth-order valence-electron chi connectivity index (χ4n) is 5.60. The third-order valence-electron chi connectivity index (χ3n) is 8.36. The number of benzene rings is 2. The van der Waals surface area contributed by atoms with E-state index >= 15 is 0 Å². The fraction of sp³-hybridized carbons (Fsp3) is 0.675. The molecule has 0 amide bonds. The smallest absolute Gasteiger partial charge is 0.362 e. The maximum absolute atomic E-state index is 13.3. The van der Waals surface area contributed by atoms with E-state index < -0.39 is 26.5 Å². The second-order valence-electron chi connectivity index (χ2n) is 12.9. The van der Waals surface area contributed by atoms with Crippen LogP contribution < -0.4 is 24.3 Å². The molecule has 16 heteroatoms. The highest BCUT2D eigenvalue weighted by Gasteiger charge is 2.29. The first-order valence-electron chi connectivity index (χ1n) is 19.8. The molecular formula is C40H63O15P. The average molecular weight is 815 g/mol.